The van der Waals surface area contributed by atoms with Crippen LogP contribution in [0.25, 0.3) is 0 Å². The second-order valence-corrected chi connectivity index (χ2v) is 3.33. The number of nitrogens with one attached hydrogen (secondary N) is 1. The molecule has 4 heteroatoms. The van der Waals surface area contributed by atoms with Gasteiger partial charge in [-0.1, -0.05) is 6.07 Å². The highest BCUT2D eigenvalue weighted by molar-refractivity contribution is 5.85. The molecule has 1 saturated heterocycles. The van der Waals surface area contributed by atoms with E-state index in [0.717, 1.165) is 6.54 Å². The summed E-state index contributed by atoms with van der Waals surface area (Å²) < 4.78 is 0. The average molecular weight is 235 g/mol. The zero-order valence-corrected chi connectivity index (χ0v) is 9.61. The first-order valence-electron chi connectivity index (χ1n) is 4.57. The normalized spacial score (nSPS) is 20.4. The third-order valence-electron chi connectivity index (χ3n) is 2.45. The summed E-state index contributed by atoms with van der Waals surface area (Å²) in [6, 6.07) is 4.19. The third-order valence-corrected chi connectivity index (χ3v) is 2.45. The third kappa shape index (κ3) is 3.45. The molecule has 0 radical (unpaired) electrons. The Morgan fingerprint density at radius 1 is 1.36 bits per heavy atom. The molecule has 2 nitrogen and oxygen atoms in total. The Labute approximate surface area is 97.3 Å². The molecule has 14 heavy (non-hydrogen) atoms. The lowest BCUT2D eigenvalue weighted by molar-refractivity contribution is 0.461. The van der Waals surface area contributed by atoms with Crippen molar-refractivity contribution in [2.75, 3.05) is 13.1 Å². The molecule has 1 aromatic rings. The van der Waals surface area contributed by atoms with Crippen LogP contribution in [0.2, 0.25) is 0 Å². The van der Waals surface area contributed by atoms with Gasteiger partial charge in [0.25, 0.3) is 0 Å². The molecular weight excluding hydrogens is 219 g/mol. The lowest BCUT2D eigenvalue weighted by Gasteiger charge is -2.22. The average Bonchev–Trinajstić information content (AvgIpc) is 2.21. The number of hydrogen-bond donors (Lipinski definition) is 1. The fraction of sp³-hybridized carbons (Fsp3) is 0.500. The highest BCUT2D eigenvalue weighted by atomic mass is 35.5. The van der Waals surface area contributed by atoms with Crippen molar-refractivity contribution < 1.29 is 0 Å². The van der Waals surface area contributed by atoms with Crippen molar-refractivity contribution in [2.24, 2.45) is 0 Å². The van der Waals surface area contributed by atoms with Crippen LogP contribution >= 0.6 is 24.8 Å². The van der Waals surface area contributed by atoms with E-state index in [-0.39, 0.29) is 24.8 Å². The van der Waals surface area contributed by atoms with Crippen LogP contribution in [0.15, 0.2) is 24.5 Å². The number of halogens is 2. The Hall–Kier alpha value is -0.310. The van der Waals surface area contributed by atoms with Gasteiger partial charge in [0.1, 0.15) is 0 Å². The van der Waals surface area contributed by atoms with Gasteiger partial charge in [-0.2, -0.15) is 0 Å². The number of aromatic nitrogens is 1. The number of piperidine rings is 1. The summed E-state index contributed by atoms with van der Waals surface area (Å²) >= 11 is 0. The topological polar surface area (TPSA) is 24.9 Å². The van der Waals surface area contributed by atoms with E-state index in [9.17, 15) is 0 Å². The lowest BCUT2D eigenvalue weighted by atomic mass is 9.93. The smallest absolute Gasteiger partial charge is 0.0303 e. The molecule has 0 spiro atoms. The van der Waals surface area contributed by atoms with Crippen molar-refractivity contribution in [1.29, 1.82) is 0 Å². The summed E-state index contributed by atoms with van der Waals surface area (Å²) in [6.45, 7) is 2.29. The summed E-state index contributed by atoms with van der Waals surface area (Å²) in [7, 11) is 0. The van der Waals surface area contributed by atoms with E-state index in [1.807, 2.05) is 18.5 Å². The minimum atomic E-state index is 0. The monoisotopic (exact) mass is 234 g/mol. The molecule has 0 aliphatic carbocycles. The van der Waals surface area contributed by atoms with Gasteiger partial charge in [-0.25, -0.2) is 0 Å². The molecule has 1 N–H and O–H groups in total. The van der Waals surface area contributed by atoms with Crippen LogP contribution in [-0.2, 0) is 0 Å². The molecular formula is C10H16Cl2N2. The Bertz CT molecular complexity index is 235. The summed E-state index contributed by atoms with van der Waals surface area (Å²) in [4.78, 5) is 4.13. The number of pyridine rings is 1. The zero-order chi connectivity index (χ0) is 8.23. The predicted octanol–water partition coefficient (Wildman–Crippen LogP) is 2.39. The fourth-order valence-electron chi connectivity index (χ4n) is 1.75. The lowest BCUT2D eigenvalue weighted by Crippen LogP contribution is -2.28. The van der Waals surface area contributed by atoms with E-state index in [1.54, 1.807) is 0 Å². The number of rotatable bonds is 1. The maximum absolute atomic E-state index is 4.13. The fourth-order valence-corrected chi connectivity index (χ4v) is 1.75. The van der Waals surface area contributed by atoms with Crippen molar-refractivity contribution in [3.8, 4) is 0 Å². The van der Waals surface area contributed by atoms with E-state index < -0.39 is 0 Å². The SMILES string of the molecule is Cl.Cl.c1cncc([C@H]2CCCNC2)c1. The molecule has 1 fully saturated rings. The maximum Gasteiger partial charge on any atom is 0.0303 e. The Balaban J connectivity index is 0.000000845. The van der Waals surface area contributed by atoms with E-state index >= 15 is 0 Å². The molecule has 0 unspecified atom stereocenters. The van der Waals surface area contributed by atoms with Crippen LogP contribution in [0.4, 0.5) is 0 Å². The van der Waals surface area contributed by atoms with Crippen LogP contribution in [0, 0.1) is 0 Å². The molecule has 0 saturated carbocycles. The van der Waals surface area contributed by atoms with E-state index in [1.165, 1.54) is 24.9 Å². The van der Waals surface area contributed by atoms with Gasteiger partial charge in [-0.05, 0) is 36.9 Å². The van der Waals surface area contributed by atoms with Gasteiger partial charge < -0.3 is 5.32 Å². The summed E-state index contributed by atoms with van der Waals surface area (Å²) in [5, 5.41) is 3.41. The Morgan fingerprint density at radius 2 is 2.21 bits per heavy atom. The van der Waals surface area contributed by atoms with Gasteiger partial charge >= 0.3 is 0 Å². The first-order valence-corrected chi connectivity index (χ1v) is 4.57. The second-order valence-electron chi connectivity index (χ2n) is 3.33. The molecule has 1 aliphatic rings. The summed E-state index contributed by atoms with van der Waals surface area (Å²) in [6.07, 6.45) is 6.41. The minimum Gasteiger partial charge on any atom is -0.316 e. The molecule has 1 aliphatic heterocycles. The molecule has 2 heterocycles. The highest BCUT2D eigenvalue weighted by Crippen LogP contribution is 2.21. The van der Waals surface area contributed by atoms with Crippen LogP contribution < -0.4 is 5.32 Å². The summed E-state index contributed by atoms with van der Waals surface area (Å²) in [5.41, 5.74) is 1.38. The maximum atomic E-state index is 4.13. The van der Waals surface area contributed by atoms with Gasteiger partial charge in [-0.15, -0.1) is 24.8 Å². The quantitative estimate of drug-likeness (QED) is 0.808. The van der Waals surface area contributed by atoms with E-state index in [4.69, 9.17) is 0 Å². The van der Waals surface area contributed by atoms with Crippen LogP contribution in [0.3, 0.4) is 0 Å². The molecule has 0 aromatic carbocycles. The Kier molecular flexibility index (Phi) is 6.89. The summed E-state index contributed by atoms with van der Waals surface area (Å²) in [5.74, 6) is 0.687. The largest absolute Gasteiger partial charge is 0.316 e. The van der Waals surface area contributed by atoms with Crippen molar-refractivity contribution in [1.82, 2.24) is 10.3 Å². The standard InChI is InChI=1S/C10H14N2.2ClH/c1-3-9(7-11-5-1)10-4-2-6-12-8-10;;/h1,3,5,7,10,12H,2,4,6,8H2;2*1H/t10-;;/m0../s1. The van der Waals surface area contributed by atoms with Gasteiger partial charge in [0.2, 0.25) is 0 Å². The molecule has 1 atom stereocenters. The van der Waals surface area contributed by atoms with Gasteiger partial charge in [-0.3, -0.25) is 4.98 Å². The van der Waals surface area contributed by atoms with Crippen molar-refractivity contribution in [3.05, 3.63) is 30.1 Å². The van der Waals surface area contributed by atoms with Crippen LogP contribution in [-0.4, -0.2) is 18.1 Å². The minimum absolute atomic E-state index is 0. The first-order chi connectivity index (χ1) is 5.97. The molecule has 2 rings (SSSR count). The van der Waals surface area contributed by atoms with Crippen molar-refractivity contribution in [2.45, 2.75) is 18.8 Å². The Morgan fingerprint density at radius 3 is 2.79 bits per heavy atom. The molecule has 1 aromatic heterocycles. The number of hydrogen-bond acceptors (Lipinski definition) is 2. The highest BCUT2D eigenvalue weighted by Gasteiger charge is 2.14. The molecule has 0 amide bonds. The van der Waals surface area contributed by atoms with Crippen LogP contribution in [0.1, 0.15) is 24.3 Å². The zero-order valence-electron chi connectivity index (χ0n) is 7.98. The van der Waals surface area contributed by atoms with Gasteiger partial charge in [0, 0.05) is 18.9 Å². The van der Waals surface area contributed by atoms with Crippen molar-refractivity contribution in [3.63, 3.8) is 0 Å². The van der Waals surface area contributed by atoms with Crippen molar-refractivity contribution >= 4 is 24.8 Å². The second kappa shape index (κ2) is 7.04. The first kappa shape index (κ1) is 13.7. The van der Waals surface area contributed by atoms with Gasteiger partial charge in [0.15, 0.2) is 0 Å². The molecule has 80 valence electrons. The van der Waals surface area contributed by atoms with E-state index in [2.05, 4.69) is 16.4 Å². The van der Waals surface area contributed by atoms with Gasteiger partial charge in [0.05, 0.1) is 0 Å². The number of nitrogens with zero attached hydrogens (tertiary/aromatic N) is 1. The molecule has 0 bridgehead atoms. The van der Waals surface area contributed by atoms with E-state index in [0.29, 0.717) is 5.92 Å². The van der Waals surface area contributed by atoms with Crippen LogP contribution in [0.5, 0.6) is 0 Å². The predicted molar refractivity (Wildman–Crippen MR) is 63.6 cm³/mol.